The van der Waals surface area contributed by atoms with E-state index >= 15 is 0 Å². The van der Waals surface area contributed by atoms with Crippen LogP contribution in [0, 0.1) is 0 Å². The maximum atomic E-state index is 13.3. The van der Waals surface area contributed by atoms with Crippen molar-refractivity contribution in [3.8, 4) is 0 Å². The van der Waals surface area contributed by atoms with Crippen molar-refractivity contribution in [3.05, 3.63) is 158 Å². The molecule has 0 aromatic rings. The maximum Gasteiger partial charge on any atom is 0.220 e. The Morgan fingerprint density at radius 2 is 0.761 bits per heavy atom. The molecule has 0 spiro atoms. The predicted molar refractivity (Wildman–Crippen MR) is 359 cm³/mol. The normalized spacial score (nSPS) is 28.7. The van der Waals surface area contributed by atoms with Crippen LogP contribution in [0.5, 0.6) is 0 Å². The number of nitrogens with one attached hydrogen (secondary N) is 1. The highest BCUT2D eigenvalue weighted by atomic mass is 16.8. The van der Waals surface area contributed by atoms with E-state index < -0.39 is 124 Å². The topological polar surface area (TPSA) is 307 Å². The lowest BCUT2D eigenvalue weighted by Gasteiger charge is -2.48. The van der Waals surface area contributed by atoms with Crippen molar-refractivity contribution in [1.29, 1.82) is 0 Å². The molecule has 17 atom stereocenters. The number of ether oxygens (including phenoxy) is 6. The van der Waals surface area contributed by atoms with Gasteiger partial charge in [0, 0.05) is 6.42 Å². The largest absolute Gasteiger partial charge is 0.394 e. The van der Waals surface area contributed by atoms with Gasteiger partial charge in [0.25, 0.3) is 0 Å². The fourth-order valence-corrected chi connectivity index (χ4v) is 10.1. The minimum atomic E-state index is -1.99. The van der Waals surface area contributed by atoms with Gasteiger partial charge in [-0.1, -0.05) is 204 Å². The second-order valence-electron chi connectivity index (χ2n) is 23.2. The number of hydrogen-bond donors (Lipinski definition) is 12. The standard InChI is InChI=1S/C73H115NO18/c1-3-5-7-9-11-13-14-15-16-17-18-19-20-21-22-23-24-25-26-27-28-29-30-31-32-33-34-35-36-37-38-39-40-41-42-43-45-47-49-51-61(79)74-56(57(78)50-48-46-44-12-10-8-6-4-2)55-87-71-67(85)64(82)69(59(53-76)89-71)92-73-68(86)65(83)70(60(54-77)90-73)91-72-66(84)63(81)62(80)58(52-75)88-72/h5,7,10-13,15-16,18-19,21-22,24-25,27-28,30-31,33-34,36-37,39-40,48,50,56-60,62-73,75-78,80-86H,3-4,6,8-9,14,17,20,23,26,29,32,35,38,41-47,49,51-55H2,1-2H3,(H,74,79)/b7-5-,12-10+,13-11-,16-15-,19-18-,22-21-,25-24-,28-27-,31-30-,34-33-,37-36-,40-39-,50-48+. The predicted octanol–water partition coefficient (Wildman–Crippen LogP) is 8.54. The number of rotatable bonds is 48. The van der Waals surface area contributed by atoms with Crippen molar-refractivity contribution in [2.45, 2.75) is 266 Å². The van der Waals surface area contributed by atoms with E-state index in [1.54, 1.807) is 12.2 Å². The number of carbonyl (C=O) groups is 1. The van der Waals surface area contributed by atoms with Crippen LogP contribution in [0.2, 0.25) is 0 Å². The summed E-state index contributed by atoms with van der Waals surface area (Å²) in [6.45, 7) is 1.44. The van der Waals surface area contributed by atoms with Gasteiger partial charge >= 0.3 is 0 Å². The van der Waals surface area contributed by atoms with E-state index in [1.165, 1.54) is 0 Å². The lowest BCUT2D eigenvalue weighted by Crippen LogP contribution is -2.66. The van der Waals surface area contributed by atoms with Crippen LogP contribution < -0.4 is 5.32 Å². The molecule has 17 unspecified atom stereocenters. The minimum Gasteiger partial charge on any atom is -0.394 e. The SMILES string of the molecule is CC/C=C\C/C=C\C/C=C\C/C=C\C/C=C\C/C=C\C/C=C\C/C=C\C/C=C\C/C=C\C/C=C\CCCCCCCC(=O)NC(COC1OC(CO)C(OC2OC(CO)C(OC3OC(CO)C(O)C(O)C3O)C(O)C2O)C(O)C1O)C(O)/C=C/CC/C=C/CCCC. The first kappa shape index (κ1) is 81.6. The molecule has 92 heavy (non-hydrogen) atoms. The van der Waals surface area contributed by atoms with Crippen molar-refractivity contribution >= 4 is 5.91 Å². The minimum absolute atomic E-state index is 0.201. The molecule has 0 aromatic heterocycles. The Hall–Kier alpha value is -4.59. The number of unbranched alkanes of at least 4 members (excludes halogenated alkanes) is 8. The van der Waals surface area contributed by atoms with Crippen LogP contribution in [-0.2, 0) is 33.2 Å². The Morgan fingerprint density at radius 1 is 0.402 bits per heavy atom. The number of amides is 1. The fraction of sp³-hybridized carbons (Fsp3) is 0.630. The van der Waals surface area contributed by atoms with Gasteiger partial charge in [-0.15, -0.1) is 0 Å². The zero-order valence-corrected chi connectivity index (χ0v) is 54.7. The summed E-state index contributed by atoms with van der Waals surface area (Å²) in [7, 11) is 0. The Morgan fingerprint density at radius 3 is 1.22 bits per heavy atom. The van der Waals surface area contributed by atoms with Gasteiger partial charge in [0.05, 0.1) is 38.6 Å². The molecular formula is C73H115NO18. The van der Waals surface area contributed by atoms with Crippen molar-refractivity contribution in [1.82, 2.24) is 5.32 Å². The summed E-state index contributed by atoms with van der Waals surface area (Å²) >= 11 is 0. The van der Waals surface area contributed by atoms with Gasteiger partial charge in [0.2, 0.25) is 5.91 Å². The third kappa shape index (κ3) is 34.2. The number of carbonyl (C=O) groups excluding carboxylic acids is 1. The average Bonchev–Trinajstić information content (AvgIpc) is 0.830. The van der Waals surface area contributed by atoms with Gasteiger partial charge in [0.15, 0.2) is 18.9 Å². The van der Waals surface area contributed by atoms with Gasteiger partial charge in [-0.05, 0) is 109 Å². The van der Waals surface area contributed by atoms with E-state index in [9.17, 15) is 61.0 Å². The average molecular weight is 1290 g/mol. The Labute approximate surface area is 548 Å². The molecule has 0 radical (unpaired) electrons. The summed E-state index contributed by atoms with van der Waals surface area (Å²) in [5.74, 6) is -0.317. The fourth-order valence-electron chi connectivity index (χ4n) is 10.1. The van der Waals surface area contributed by atoms with Crippen LogP contribution in [-0.4, -0.2) is 193 Å². The molecule has 3 heterocycles. The zero-order valence-electron chi connectivity index (χ0n) is 54.7. The third-order valence-corrected chi connectivity index (χ3v) is 15.6. The molecule has 0 aromatic carbocycles. The third-order valence-electron chi connectivity index (χ3n) is 15.6. The first-order chi connectivity index (χ1) is 44.8. The quantitative estimate of drug-likeness (QED) is 0.0201. The van der Waals surface area contributed by atoms with Crippen LogP contribution in [0.25, 0.3) is 0 Å². The van der Waals surface area contributed by atoms with Gasteiger partial charge in [-0.3, -0.25) is 4.79 Å². The lowest BCUT2D eigenvalue weighted by molar-refractivity contribution is -0.379. The zero-order chi connectivity index (χ0) is 66.8. The van der Waals surface area contributed by atoms with E-state index in [2.05, 4.69) is 165 Å². The molecule has 520 valence electrons. The van der Waals surface area contributed by atoms with Crippen LogP contribution in [0.4, 0.5) is 0 Å². The molecule has 19 heteroatoms. The maximum absolute atomic E-state index is 13.3. The molecule has 0 aliphatic carbocycles. The van der Waals surface area contributed by atoms with E-state index in [0.717, 1.165) is 128 Å². The van der Waals surface area contributed by atoms with Gasteiger partial charge in [-0.2, -0.15) is 0 Å². The van der Waals surface area contributed by atoms with Gasteiger partial charge in [-0.25, -0.2) is 0 Å². The summed E-state index contributed by atoms with van der Waals surface area (Å²) in [5.41, 5.74) is 0. The summed E-state index contributed by atoms with van der Waals surface area (Å²) < 4.78 is 34.1. The number of allylic oxidation sites excluding steroid dienone is 25. The second kappa shape index (κ2) is 52.7. The molecule has 0 bridgehead atoms. The second-order valence-corrected chi connectivity index (χ2v) is 23.2. The lowest BCUT2D eigenvalue weighted by atomic mass is 9.96. The highest BCUT2D eigenvalue weighted by molar-refractivity contribution is 5.76. The first-order valence-corrected chi connectivity index (χ1v) is 33.7. The number of aliphatic hydroxyl groups excluding tert-OH is 11. The molecular weight excluding hydrogens is 1180 g/mol. The number of hydrogen-bond acceptors (Lipinski definition) is 18. The van der Waals surface area contributed by atoms with Crippen molar-refractivity contribution in [2.75, 3.05) is 26.4 Å². The van der Waals surface area contributed by atoms with Gasteiger partial charge in [0.1, 0.15) is 73.2 Å². The van der Waals surface area contributed by atoms with E-state index in [4.69, 9.17) is 28.4 Å². The molecule has 3 aliphatic rings. The molecule has 12 N–H and O–H groups in total. The van der Waals surface area contributed by atoms with Crippen LogP contribution in [0.15, 0.2) is 158 Å². The van der Waals surface area contributed by atoms with E-state index in [1.807, 2.05) is 0 Å². The molecule has 0 saturated carbocycles. The van der Waals surface area contributed by atoms with Gasteiger partial charge < -0.3 is 89.9 Å². The Kier molecular flexibility index (Phi) is 46.7. The summed E-state index contributed by atoms with van der Waals surface area (Å²) in [4.78, 5) is 13.3. The Bertz CT molecular complexity index is 2280. The molecule has 3 rings (SSSR count). The molecule has 1 amide bonds. The summed E-state index contributed by atoms with van der Waals surface area (Å²) in [6, 6.07) is -1.01. The first-order valence-electron chi connectivity index (χ1n) is 33.7. The van der Waals surface area contributed by atoms with Crippen LogP contribution in [0.1, 0.15) is 162 Å². The number of aliphatic hydroxyl groups is 11. The molecule has 3 fully saturated rings. The van der Waals surface area contributed by atoms with E-state index in [0.29, 0.717) is 12.8 Å². The highest BCUT2D eigenvalue weighted by Gasteiger charge is 2.53. The van der Waals surface area contributed by atoms with Crippen molar-refractivity contribution < 1.29 is 89.4 Å². The molecule has 3 aliphatic heterocycles. The highest BCUT2D eigenvalue weighted by Crippen LogP contribution is 2.33. The summed E-state index contributed by atoms with van der Waals surface area (Å²) in [5, 5.41) is 120. The van der Waals surface area contributed by atoms with Crippen LogP contribution >= 0.6 is 0 Å². The summed E-state index contributed by atoms with van der Waals surface area (Å²) in [6.07, 6.45) is 49.9. The van der Waals surface area contributed by atoms with E-state index in [-0.39, 0.29) is 18.9 Å². The molecule has 3 saturated heterocycles. The molecule has 19 nitrogen and oxygen atoms in total. The monoisotopic (exact) mass is 1290 g/mol. The van der Waals surface area contributed by atoms with Crippen molar-refractivity contribution in [2.24, 2.45) is 0 Å². The Balaban J connectivity index is 1.33. The van der Waals surface area contributed by atoms with Crippen LogP contribution in [0.3, 0.4) is 0 Å². The van der Waals surface area contributed by atoms with Crippen molar-refractivity contribution in [3.63, 3.8) is 0 Å². The smallest absolute Gasteiger partial charge is 0.220 e.